The van der Waals surface area contributed by atoms with Crippen molar-refractivity contribution in [1.29, 1.82) is 0 Å². The highest BCUT2D eigenvalue weighted by Gasteiger charge is 2.62. The molecule has 0 amide bonds. The number of hydrogen-bond donors (Lipinski definition) is 0. The maximum atomic E-state index is 4.59. The zero-order chi connectivity index (χ0) is 15.6. The number of aryl methyl sites for hydroxylation is 1. The van der Waals surface area contributed by atoms with Crippen LogP contribution in [0.5, 0.6) is 0 Å². The van der Waals surface area contributed by atoms with Gasteiger partial charge in [0, 0.05) is 24.1 Å². The van der Waals surface area contributed by atoms with Gasteiger partial charge in [-0.1, -0.05) is 42.8 Å². The van der Waals surface area contributed by atoms with Crippen LogP contribution in [-0.4, -0.2) is 26.4 Å². The number of nitrogens with zero attached hydrogens (tertiary/aromatic N) is 3. The van der Waals surface area contributed by atoms with Crippen LogP contribution in [0, 0.1) is 6.92 Å². The first-order valence-corrected chi connectivity index (χ1v) is 9.65. The molecule has 5 rings (SSSR count). The molecule has 1 spiro atoms. The van der Waals surface area contributed by atoms with E-state index < -0.39 is 0 Å². The predicted molar refractivity (Wildman–Crippen MR) is 95.2 cm³/mol. The number of aromatic nitrogens is 2. The lowest BCUT2D eigenvalue weighted by atomic mass is 9.91. The number of thioether (sulfide) groups is 1. The van der Waals surface area contributed by atoms with Crippen molar-refractivity contribution in [1.82, 2.24) is 9.55 Å². The summed E-state index contributed by atoms with van der Waals surface area (Å²) in [6, 6.07) is 10.0. The first-order valence-electron chi connectivity index (χ1n) is 8.77. The average Bonchev–Trinajstić information content (AvgIpc) is 3.26. The number of fused-ring (bicyclic) bond motifs is 4. The molecule has 1 aromatic carbocycles. The number of anilines is 1. The van der Waals surface area contributed by atoms with Crippen molar-refractivity contribution in [2.45, 2.75) is 67.6 Å². The summed E-state index contributed by atoms with van der Waals surface area (Å²) in [5.74, 6) is 0. The Morgan fingerprint density at radius 1 is 1.22 bits per heavy atom. The van der Waals surface area contributed by atoms with Gasteiger partial charge in [0.15, 0.2) is 5.16 Å². The largest absolute Gasteiger partial charge is 0.360 e. The molecule has 1 aromatic heterocycles. The summed E-state index contributed by atoms with van der Waals surface area (Å²) >= 11 is 2.03. The third kappa shape index (κ3) is 1.70. The first kappa shape index (κ1) is 14.0. The summed E-state index contributed by atoms with van der Waals surface area (Å²) in [5.41, 5.74) is 3.15. The minimum atomic E-state index is 0.307. The van der Waals surface area contributed by atoms with Gasteiger partial charge < -0.3 is 9.47 Å². The minimum absolute atomic E-state index is 0.307. The summed E-state index contributed by atoms with van der Waals surface area (Å²) in [6.45, 7) is 4.68. The predicted octanol–water partition coefficient (Wildman–Crippen LogP) is 4.43. The van der Waals surface area contributed by atoms with Gasteiger partial charge in [-0.3, -0.25) is 0 Å². The van der Waals surface area contributed by atoms with E-state index in [9.17, 15) is 0 Å². The van der Waals surface area contributed by atoms with Gasteiger partial charge in [0.2, 0.25) is 0 Å². The van der Waals surface area contributed by atoms with Gasteiger partial charge >= 0.3 is 0 Å². The molecule has 3 nitrogen and oxygen atoms in total. The Balaban J connectivity index is 1.68. The molecule has 0 bridgehead atoms. The third-order valence-corrected chi connectivity index (χ3v) is 7.75. The number of para-hydroxylation sites is 1. The normalized spacial score (nSPS) is 30.9. The van der Waals surface area contributed by atoms with Gasteiger partial charge in [-0.25, -0.2) is 4.98 Å². The zero-order valence-electron chi connectivity index (χ0n) is 13.8. The maximum Gasteiger partial charge on any atom is 0.168 e. The van der Waals surface area contributed by atoms with E-state index in [1.165, 1.54) is 42.1 Å². The van der Waals surface area contributed by atoms with Crippen LogP contribution >= 0.6 is 11.8 Å². The lowest BCUT2D eigenvalue weighted by Crippen LogP contribution is -2.49. The Kier molecular flexibility index (Phi) is 2.91. The average molecular weight is 325 g/mol. The maximum absolute atomic E-state index is 4.59. The highest BCUT2D eigenvalue weighted by atomic mass is 32.2. The molecular weight excluding hydrogens is 302 g/mol. The Labute approximate surface area is 142 Å². The van der Waals surface area contributed by atoms with Gasteiger partial charge in [-0.15, -0.1) is 0 Å². The number of rotatable bonds is 1. The molecular formula is C19H23N3S. The summed E-state index contributed by atoms with van der Waals surface area (Å²) < 4.78 is 2.44. The SMILES string of the molecule is Cc1ccccc1N1[C@@H](C)C2C(Sc3nccn32)C12CCCC2. The van der Waals surface area contributed by atoms with Crippen molar-refractivity contribution in [3.05, 3.63) is 42.2 Å². The minimum Gasteiger partial charge on any atom is -0.360 e. The second-order valence-electron chi connectivity index (χ2n) is 7.35. The van der Waals surface area contributed by atoms with Crippen molar-refractivity contribution in [3.63, 3.8) is 0 Å². The number of benzene rings is 1. The smallest absolute Gasteiger partial charge is 0.168 e. The van der Waals surface area contributed by atoms with Gasteiger partial charge in [0.05, 0.1) is 16.8 Å². The van der Waals surface area contributed by atoms with Crippen LogP contribution in [0.3, 0.4) is 0 Å². The molecule has 1 saturated heterocycles. The van der Waals surface area contributed by atoms with E-state index in [-0.39, 0.29) is 0 Å². The van der Waals surface area contributed by atoms with Crippen LogP contribution in [0.25, 0.3) is 0 Å². The summed E-state index contributed by atoms with van der Waals surface area (Å²) in [6.07, 6.45) is 9.52. The summed E-state index contributed by atoms with van der Waals surface area (Å²) in [7, 11) is 0. The molecule has 0 radical (unpaired) electrons. The Morgan fingerprint density at radius 2 is 2.00 bits per heavy atom. The second kappa shape index (κ2) is 4.79. The van der Waals surface area contributed by atoms with Crippen LogP contribution in [0.15, 0.2) is 41.8 Å². The van der Waals surface area contributed by atoms with Crippen LogP contribution in [0.4, 0.5) is 5.69 Å². The van der Waals surface area contributed by atoms with E-state index in [1.807, 2.05) is 18.0 Å². The quantitative estimate of drug-likeness (QED) is 0.774. The van der Waals surface area contributed by atoms with Crippen molar-refractivity contribution in [2.24, 2.45) is 0 Å². The Morgan fingerprint density at radius 3 is 2.78 bits per heavy atom. The van der Waals surface area contributed by atoms with Crippen molar-refractivity contribution >= 4 is 17.4 Å². The molecule has 1 saturated carbocycles. The zero-order valence-corrected chi connectivity index (χ0v) is 14.6. The fourth-order valence-electron chi connectivity index (χ4n) is 5.36. The number of hydrogen-bond acceptors (Lipinski definition) is 3. The molecule has 2 fully saturated rings. The highest BCUT2D eigenvalue weighted by molar-refractivity contribution is 8.00. The lowest BCUT2D eigenvalue weighted by molar-refractivity contribution is 0.426. The lowest BCUT2D eigenvalue weighted by Gasteiger charge is -2.42. The molecule has 23 heavy (non-hydrogen) atoms. The van der Waals surface area contributed by atoms with Crippen molar-refractivity contribution in [2.75, 3.05) is 4.90 Å². The standard InChI is InChI=1S/C19H23N3S/c1-13-7-3-4-8-15(13)22-14(2)16-17(19(22)9-5-6-10-19)23-18-20-11-12-21(16)18/h3-4,7-8,11-12,14,16-17H,5-6,9-10H2,1-2H3/t14-,16?,17?/m0/s1. The van der Waals surface area contributed by atoms with E-state index in [0.717, 1.165) is 0 Å². The topological polar surface area (TPSA) is 21.1 Å². The molecule has 4 heteroatoms. The van der Waals surface area contributed by atoms with Crippen LogP contribution in [-0.2, 0) is 0 Å². The monoisotopic (exact) mass is 325 g/mol. The van der Waals surface area contributed by atoms with Gasteiger partial charge in [0.1, 0.15) is 0 Å². The van der Waals surface area contributed by atoms with E-state index in [4.69, 9.17) is 0 Å². The molecule has 3 aliphatic rings. The van der Waals surface area contributed by atoms with Crippen LogP contribution in [0.1, 0.15) is 44.2 Å². The number of imidazole rings is 1. The molecule has 3 atom stereocenters. The van der Waals surface area contributed by atoms with E-state index in [0.29, 0.717) is 22.9 Å². The van der Waals surface area contributed by atoms with Crippen molar-refractivity contribution < 1.29 is 0 Å². The fourth-order valence-corrected chi connectivity index (χ4v) is 7.08. The van der Waals surface area contributed by atoms with Gasteiger partial charge in [-0.2, -0.15) is 0 Å². The molecule has 1 aliphatic carbocycles. The van der Waals surface area contributed by atoms with E-state index in [2.05, 4.69) is 58.8 Å². The van der Waals surface area contributed by atoms with Crippen molar-refractivity contribution in [3.8, 4) is 0 Å². The molecule has 2 unspecified atom stereocenters. The molecule has 2 aliphatic heterocycles. The van der Waals surface area contributed by atoms with Gasteiger partial charge in [-0.05, 0) is 38.3 Å². The molecule has 0 N–H and O–H groups in total. The Bertz CT molecular complexity index is 747. The summed E-state index contributed by atoms with van der Waals surface area (Å²) in [5, 5.41) is 1.87. The van der Waals surface area contributed by atoms with Crippen LogP contribution in [0.2, 0.25) is 0 Å². The summed E-state index contributed by atoms with van der Waals surface area (Å²) in [4.78, 5) is 7.38. The van der Waals surface area contributed by atoms with E-state index in [1.54, 1.807) is 0 Å². The third-order valence-electron chi connectivity index (χ3n) is 6.25. The van der Waals surface area contributed by atoms with Gasteiger partial charge in [0.25, 0.3) is 0 Å². The van der Waals surface area contributed by atoms with Crippen LogP contribution < -0.4 is 4.90 Å². The van der Waals surface area contributed by atoms with E-state index >= 15 is 0 Å². The second-order valence-corrected chi connectivity index (χ2v) is 8.46. The molecule has 2 aromatic rings. The molecule has 3 heterocycles. The fraction of sp³-hybridized carbons (Fsp3) is 0.526. The Hall–Kier alpha value is -1.42. The molecule has 120 valence electrons. The highest BCUT2D eigenvalue weighted by Crippen LogP contribution is 2.60. The first-order chi connectivity index (χ1) is 11.2.